The number of ether oxygens (including phenoxy) is 2. The zero-order valence-electron chi connectivity index (χ0n) is 14.4. The summed E-state index contributed by atoms with van der Waals surface area (Å²) in [7, 11) is 1.38. The lowest BCUT2D eigenvalue weighted by atomic mass is 9.79. The van der Waals surface area contributed by atoms with Gasteiger partial charge in [0.1, 0.15) is 0 Å². The van der Waals surface area contributed by atoms with Gasteiger partial charge in [-0.1, -0.05) is 46.5 Å². The third-order valence-electron chi connectivity index (χ3n) is 4.11. The van der Waals surface area contributed by atoms with E-state index in [1.807, 2.05) is 20.8 Å². The van der Waals surface area contributed by atoms with Crippen LogP contribution in [0.1, 0.15) is 72.6 Å². The number of rotatable bonds is 11. The maximum absolute atomic E-state index is 12.0. The first-order chi connectivity index (χ1) is 9.91. The van der Waals surface area contributed by atoms with Crippen molar-refractivity contribution in [1.29, 1.82) is 0 Å². The topological polar surface area (TPSA) is 52.6 Å². The van der Waals surface area contributed by atoms with Gasteiger partial charge in [0.05, 0.1) is 25.0 Å². The average molecular weight is 300 g/mol. The van der Waals surface area contributed by atoms with E-state index in [0.29, 0.717) is 19.4 Å². The fraction of sp³-hybridized carbons (Fsp3) is 0.882. The molecule has 0 heterocycles. The van der Waals surface area contributed by atoms with Crippen LogP contribution in [0.5, 0.6) is 0 Å². The van der Waals surface area contributed by atoms with Gasteiger partial charge in [-0.2, -0.15) is 0 Å². The molecule has 0 aromatic heterocycles. The largest absolute Gasteiger partial charge is 0.469 e. The predicted molar refractivity (Wildman–Crippen MR) is 83.9 cm³/mol. The molecule has 0 N–H and O–H groups in total. The van der Waals surface area contributed by atoms with E-state index >= 15 is 0 Å². The molecule has 0 bridgehead atoms. The molecule has 124 valence electrons. The van der Waals surface area contributed by atoms with E-state index in [0.717, 1.165) is 12.8 Å². The normalized spacial score (nSPS) is 15.1. The Balaban J connectivity index is 4.11. The third-order valence-corrected chi connectivity index (χ3v) is 4.11. The van der Waals surface area contributed by atoms with Crippen LogP contribution in [0, 0.1) is 11.3 Å². The van der Waals surface area contributed by atoms with Gasteiger partial charge in [0, 0.05) is 0 Å². The second-order valence-electron chi connectivity index (χ2n) is 6.09. The third kappa shape index (κ3) is 7.49. The SMILES string of the molecule is CCCCCCCOC(=O)C(C)CC(C)(CC)C(=O)OC. The van der Waals surface area contributed by atoms with E-state index in [2.05, 4.69) is 6.92 Å². The Morgan fingerprint density at radius 2 is 1.71 bits per heavy atom. The minimum atomic E-state index is -0.617. The molecule has 4 heteroatoms. The molecule has 2 atom stereocenters. The van der Waals surface area contributed by atoms with E-state index in [4.69, 9.17) is 9.47 Å². The zero-order valence-corrected chi connectivity index (χ0v) is 14.4. The van der Waals surface area contributed by atoms with E-state index in [-0.39, 0.29) is 17.9 Å². The van der Waals surface area contributed by atoms with Gasteiger partial charge in [-0.3, -0.25) is 9.59 Å². The highest BCUT2D eigenvalue weighted by Crippen LogP contribution is 2.31. The van der Waals surface area contributed by atoms with Crippen LogP contribution >= 0.6 is 0 Å². The molecule has 0 rings (SSSR count). The summed E-state index contributed by atoms with van der Waals surface area (Å²) in [6, 6.07) is 0. The summed E-state index contributed by atoms with van der Waals surface area (Å²) in [5, 5.41) is 0. The van der Waals surface area contributed by atoms with Gasteiger partial charge in [-0.15, -0.1) is 0 Å². The molecule has 0 aromatic carbocycles. The molecule has 0 amide bonds. The van der Waals surface area contributed by atoms with Crippen molar-refractivity contribution in [2.24, 2.45) is 11.3 Å². The lowest BCUT2D eigenvalue weighted by molar-refractivity contribution is -0.156. The Bertz CT molecular complexity index is 314. The number of methoxy groups -OCH3 is 1. The van der Waals surface area contributed by atoms with Crippen molar-refractivity contribution >= 4 is 11.9 Å². The summed E-state index contributed by atoms with van der Waals surface area (Å²) in [6.45, 7) is 8.24. The Morgan fingerprint density at radius 1 is 1.10 bits per heavy atom. The molecule has 0 saturated heterocycles. The lowest BCUT2D eigenvalue weighted by Crippen LogP contribution is -2.32. The summed E-state index contributed by atoms with van der Waals surface area (Å²) in [5.74, 6) is -0.761. The molecule has 0 radical (unpaired) electrons. The van der Waals surface area contributed by atoms with Crippen molar-refractivity contribution in [1.82, 2.24) is 0 Å². The first kappa shape index (κ1) is 19.9. The molecule has 0 aliphatic rings. The molecule has 0 aliphatic heterocycles. The zero-order chi connectivity index (χ0) is 16.3. The van der Waals surface area contributed by atoms with Crippen LogP contribution in [0.25, 0.3) is 0 Å². The average Bonchev–Trinajstić information content (AvgIpc) is 2.49. The molecule has 0 spiro atoms. The predicted octanol–water partition coefficient (Wildman–Crippen LogP) is 4.12. The highest BCUT2D eigenvalue weighted by atomic mass is 16.5. The van der Waals surface area contributed by atoms with Gasteiger partial charge in [0.15, 0.2) is 0 Å². The number of carbonyl (C=O) groups is 2. The molecule has 0 saturated carbocycles. The molecule has 4 nitrogen and oxygen atoms in total. The van der Waals surface area contributed by atoms with Crippen molar-refractivity contribution < 1.29 is 19.1 Å². The Kier molecular flexibility index (Phi) is 10.1. The number of hydrogen-bond donors (Lipinski definition) is 0. The number of carbonyl (C=O) groups excluding carboxylic acids is 2. The lowest BCUT2D eigenvalue weighted by Gasteiger charge is -2.27. The molecular weight excluding hydrogens is 268 g/mol. The van der Waals surface area contributed by atoms with Crippen molar-refractivity contribution in [3.05, 3.63) is 0 Å². The molecule has 21 heavy (non-hydrogen) atoms. The summed E-state index contributed by atoms with van der Waals surface area (Å²) in [4.78, 5) is 23.8. The van der Waals surface area contributed by atoms with Crippen LogP contribution in [-0.4, -0.2) is 25.7 Å². The maximum atomic E-state index is 12.0. The van der Waals surface area contributed by atoms with Gasteiger partial charge >= 0.3 is 11.9 Å². The fourth-order valence-corrected chi connectivity index (χ4v) is 2.40. The van der Waals surface area contributed by atoms with E-state index in [1.54, 1.807) is 0 Å². The molecule has 0 aromatic rings. The number of hydrogen-bond acceptors (Lipinski definition) is 4. The summed E-state index contributed by atoms with van der Waals surface area (Å²) >= 11 is 0. The van der Waals surface area contributed by atoms with Crippen LogP contribution < -0.4 is 0 Å². The van der Waals surface area contributed by atoms with Crippen LogP contribution in [0.3, 0.4) is 0 Å². The fourth-order valence-electron chi connectivity index (χ4n) is 2.40. The van der Waals surface area contributed by atoms with Gasteiger partial charge in [0.25, 0.3) is 0 Å². The van der Waals surface area contributed by atoms with Crippen LogP contribution in [-0.2, 0) is 19.1 Å². The highest BCUT2D eigenvalue weighted by Gasteiger charge is 2.36. The Labute approximate surface area is 129 Å². The first-order valence-electron chi connectivity index (χ1n) is 8.16. The Morgan fingerprint density at radius 3 is 2.24 bits per heavy atom. The Hall–Kier alpha value is -1.06. The molecule has 0 fully saturated rings. The van der Waals surface area contributed by atoms with Gasteiger partial charge in [-0.05, 0) is 26.2 Å². The highest BCUT2D eigenvalue weighted by molar-refractivity contribution is 5.78. The second-order valence-corrected chi connectivity index (χ2v) is 6.09. The quantitative estimate of drug-likeness (QED) is 0.425. The van der Waals surface area contributed by atoms with Crippen molar-refractivity contribution in [3.8, 4) is 0 Å². The van der Waals surface area contributed by atoms with E-state index < -0.39 is 5.41 Å². The van der Waals surface area contributed by atoms with Crippen molar-refractivity contribution in [3.63, 3.8) is 0 Å². The minimum Gasteiger partial charge on any atom is -0.469 e. The molecule has 0 aliphatic carbocycles. The minimum absolute atomic E-state index is 0.214. The van der Waals surface area contributed by atoms with Crippen LogP contribution in [0.15, 0.2) is 0 Å². The van der Waals surface area contributed by atoms with E-state index in [9.17, 15) is 9.59 Å². The summed E-state index contributed by atoms with van der Waals surface area (Å²) in [5.41, 5.74) is -0.617. The monoisotopic (exact) mass is 300 g/mol. The molecular formula is C17H32O4. The van der Waals surface area contributed by atoms with Crippen molar-refractivity contribution in [2.45, 2.75) is 72.6 Å². The van der Waals surface area contributed by atoms with E-state index in [1.165, 1.54) is 26.4 Å². The second kappa shape index (κ2) is 10.6. The van der Waals surface area contributed by atoms with Gasteiger partial charge in [-0.25, -0.2) is 0 Å². The van der Waals surface area contributed by atoms with Gasteiger partial charge in [0.2, 0.25) is 0 Å². The van der Waals surface area contributed by atoms with Gasteiger partial charge < -0.3 is 9.47 Å². The summed E-state index contributed by atoms with van der Waals surface area (Å²) in [6.07, 6.45) is 6.77. The standard InChI is InChI=1S/C17H32O4/c1-6-8-9-10-11-12-21-15(18)14(3)13-17(4,7-2)16(19)20-5/h14H,6-13H2,1-5H3. The molecule has 2 unspecified atom stereocenters. The van der Waals surface area contributed by atoms with Crippen molar-refractivity contribution in [2.75, 3.05) is 13.7 Å². The van der Waals surface area contributed by atoms with Crippen LogP contribution in [0.2, 0.25) is 0 Å². The first-order valence-corrected chi connectivity index (χ1v) is 8.16. The summed E-state index contributed by atoms with van der Waals surface area (Å²) < 4.78 is 10.1. The number of esters is 2. The van der Waals surface area contributed by atoms with Crippen LogP contribution in [0.4, 0.5) is 0 Å². The smallest absolute Gasteiger partial charge is 0.311 e. The maximum Gasteiger partial charge on any atom is 0.311 e. The number of unbranched alkanes of at least 4 members (excludes halogenated alkanes) is 4.